The first-order valence-electron chi connectivity index (χ1n) is 7.59. The first-order valence-corrected chi connectivity index (χ1v) is 7.59. The Morgan fingerprint density at radius 2 is 1.71 bits per heavy atom. The normalized spacial score (nSPS) is 34.4. The maximum absolute atomic E-state index is 3.98. The van der Waals surface area contributed by atoms with Crippen LogP contribution < -0.4 is 5.32 Å². The van der Waals surface area contributed by atoms with E-state index in [-0.39, 0.29) is 0 Å². The van der Waals surface area contributed by atoms with Gasteiger partial charge in [-0.1, -0.05) is 40.5 Å². The Balaban J connectivity index is 1.97. The highest BCUT2D eigenvalue weighted by Gasteiger charge is 2.44. The van der Waals surface area contributed by atoms with Crippen LogP contribution in [-0.4, -0.2) is 12.1 Å². The van der Waals surface area contributed by atoms with Gasteiger partial charge in [0.25, 0.3) is 0 Å². The quantitative estimate of drug-likeness (QED) is 0.768. The van der Waals surface area contributed by atoms with Crippen molar-refractivity contribution in [3.05, 3.63) is 0 Å². The number of hydrogen-bond acceptors (Lipinski definition) is 1. The molecule has 2 aliphatic carbocycles. The third-order valence-electron chi connectivity index (χ3n) is 5.43. The monoisotopic (exact) mass is 237 g/mol. The zero-order valence-electron chi connectivity index (χ0n) is 12.5. The summed E-state index contributed by atoms with van der Waals surface area (Å²) in [5.74, 6) is 0.862. The summed E-state index contributed by atoms with van der Waals surface area (Å²) in [6, 6.07) is 1.46. The van der Waals surface area contributed by atoms with E-state index < -0.39 is 0 Å². The van der Waals surface area contributed by atoms with E-state index in [9.17, 15) is 0 Å². The molecular weight excluding hydrogens is 206 g/mol. The summed E-state index contributed by atoms with van der Waals surface area (Å²) in [5, 5.41) is 3.98. The predicted octanol–water partition coefficient (Wildman–Crippen LogP) is 4.37. The van der Waals surface area contributed by atoms with Crippen LogP contribution in [0.1, 0.15) is 73.1 Å². The van der Waals surface area contributed by atoms with Crippen LogP contribution in [0.4, 0.5) is 0 Å². The second-order valence-corrected chi connectivity index (χ2v) is 7.91. The van der Waals surface area contributed by atoms with Gasteiger partial charge in [0.15, 0.2) is 0 Å². The van der Waals surface area contributed by atoms with E-state index in [4.69, 9.17) is 0 Å². The summed E-state index contributed by atoms with van der Waals surface area (Å²) in [5.41, 5.74) is 1.07. The molecule has 0 saturated heterocycles. The minimum atomic E-state index is 0.461. The number of rotatable bonds is 3. The molecule has 2 fully saturated rings. The largest absolute Gasteiger partial charge is 0.311 e. The lowest BCUT2D eigenvalue weighted by atomic mass is 9.69. The maximum Gasteiger partial charge on any atom is 0.0103 e. The fourth-order valence-electron chi connectivity index (χ4n) is 3.52. The third-order valence-corrected chi connectivity index (χ3v) is 5.43. The zero-order valence-corrected chi connectivity index (χ0v) is 12.5. The van der Waals surface area contributed by atoms with Crippen molar-refractivity contribution in [1.82, 2.24) is 5.32 Å². The van der Waals surface area contributed by atoms with E-state index >= 15 is 0 Å². The molecule has 2 saturated carbocycles. The summed E-state index contributed by atoms with van der Waals surface area (Å²) in [7, 11) is 0. The van der Waals surface area contributed by atoms with E-state index in [1.165, 1.54) is 38.5 Å². The van der Waals surface area contributed by atoms with Crippen LogP contribution in [0.2, 0.25) is 0 Å². The molecule has 0 amide bonds. The topological polar surface area (TPSA) is 12.0 Å². The van der Waals surface area contributed by atoms with Crippen LogP contribution in [0.15, 0.2) is 0 Å². The van der Waals surface area contributed by atoms with Crippen LogP contribution in [0.5, 0.6) is 0 Å². The summed E-state index contributed by atoms with van der Waals surface area (Å²) in [6.45, 7) is 12.1. The van der Waals surface area contributed by atoms with Crippen LogP contribution >= 0.6 is 0 Å². The molecule has 17 heavy (non-hydrogen) atoms. The second kappa shape index (κ2) is 4.57. The van der Waals surface area contributed by atoms with E-state index in [0.717, 1.165) is 12.0 Å². The highest BCUT2D eigenvalue weighted by molar-refractivity contribution is 4.99. The SMILES string of the molecule is CC(NC1CCCCC1C(C)(C)C)C1(C)CC1. The standard InChI is InChI=1S/C16H31N/c1-12(16(5)10-11-16)17-14-9-7-6-8-13(14)15(2,3)4/h12-14,17H,6-11H2,1-5H3. The molecule has 0 bridgehead atoms. The van der Waals surface area contributed by atoms with Gasteiger partial charge in [0.2, 0.25) is 0 Å². The molecule has 1 heteroatoms. The molecule has 0 aromatic heterocycles. The molecule has 0 aromatic rings. The van der Waals surface area contributed by atoms with Gasteiger partial charge >= 0.3 is 0 Å². The van der Waals surface area contributed by atoms with Gasteiger partial charge in [-0.05, 0) is 49.4 Å². The Bertz CT molecular complexity index is 259. The number of nitrogens with one attached hydrogen (secondary N) is 1. The van der Waals surface area contributed by atoms with Crippen molar-refractivity contribution in [3.8, 4) is 0 Å². The summed E-state index contributed by atoms with van der Waals surface area (Å²) >= 11 is 0. The summed E-state index contributed by atoms with van der Waals surface area (Å²) in [4.78, 5) is 0. The summed E-state index contributed by atoms with van der Waals surface area (Å²) in [6.07, 6.45) is 8.52. The molecule has 0 spiro atoms. The van der Waals surface area contributed by atoms with Crippen molar-refractivity contribution in [1.29, 1.82) is 0 Å². The van der Waals surface area contributed by atoms with E-state index in [2.05, 4.69) is 39.9 Å². The van der Waals surface area contributed by atoms with Gasteiger partial charge in [-0.3, -0.25) is 0 Å². The fraction of sp³-hybridized carbons (Fsp3) is 1.00. The molecule has 1 nitrogen and oxygen atoms in total. The fourth-order valence-corrected chi connectivity index (χ4v) is 3.52. The molecule has 0 heterocycles. The van der Waals surface area contributed by atoms with Crippen molar-refractivity contribution in [2.45, 2.75) is 85.2 Å². The lowest BCUT2D eigenvalue weighted by Crippen LogP contribution is -2.49. The van der Waals surface area contributed by atoms with E-state index in [1.807, 2.05) is 0 Å². The van der Waals surface area contributed by atoms with Crippen molar-refractivity contribution in [2.24, 2.45) is 16.7 Å². The molecule has 0 aromatic carbocycles. The Morgan fingerprint density at radius 3 is 2.24 bits per heavy atom. The van der Waals surface area contributed by atoms with Crippen LogP contribution in [0, 0.1) is 16.7 Å². The molecule has 3 unspecified atom stereocenters. The molecule has 3 atom stereocenters. The van der Waals surface area contributed by atoms with Crippen LogP contribution in [0.3, 0.4) is 0 Å². The highest BCUT2D eigenvalue weighted by atomic mass is 15.0. The van der Waals surface area contributed by atoms with E-state index in [1.54, 1.807) is 0 Å². The first-order chi connectivity index (χ1) is 7.83. The Hall–Kier alpha value is -0.0400. The Labute approximate surface area is 108 Å². The summed E-state index contributed by atoms with van der Waals surface area (Å²) < 4.78 is 0. The molecule has 0 aliphatic heterocycles. The molecule has 2 rings (SSSR count). The molecule has 2 aliphatic rings. The van der Waals surface area contributed by atoms with Gasteiger partial charge in [-0.2, -0.15) is 0 Å². The van der Waals surface area contributed by atoms with Gasteiger partial charge in [0.1, 0.15) is 0 Å². The average Bonchev–Trinajstić information content (AvgIpc) is 2.97. The van der Waals surface area contributed by atoms with Gasteiger partial charge in [-0.15, -0.1) is 0 Å². The van der Waals surface area contributed by atoms with Gasteiger partial charge < -0.3 is 5.32 Å². The molecule has 100 valence electrons. The molecular formula is C16H31N. The smallest absolute Gasteiger partial charge is 0.0103 e. The van der Waals surface area contributed by atoms with Crippen LogP contribution in [-0.2, 0) is 0 Å². The first kappa shape index (κ1) is 13.4. The van der Waals surface area contributed by atoms with Crippen molar-refractivity contribution >= 4 is 0 Å². The predicted molar refractivity (Wildman–Crippen MR) is 75.1 cm³/mol. The minimum absolute atomic E-state index is 0.461. The third kappa shape index (κ3) is 3.05. The number of hydrogen-bond donors (Lipinski definition) is 1. The van der Waals surface area contributed by atoms with Crippen molar-refractivity contribution in [2.75, 3.05) is 0 Å². The van der Waals surface area contributed by atoms with Gasteiger partial charge in [0, 0.05) is 12.1 Å². The Morgan fingerprint density at radius 1 is 1.12 bits per heavy atom. The Kier molecular flexibility index (Phi) is 3.60. The second-order valence-electron chi connectivity index (χ2n) is 7.91. The van der Waals surface area contributed by atoms with Gasteiger partial charge in [-0.25, -0.2) is 0 Å². The van der Waals surface area contributed by atoms with Crippen LogP contribution in [0.25, 0.3) is 0 Å². The maximum atomic E-state index is 3.98. The molecule has 0 radical (unpaired) electrons. The van der Waals surface area contributed by atoms with Gasteiger partial charge in [0.05, 0.1) is 0 Å². The highest BCUT2D eigenvalue weighted by Crippen LogP contribution is 2.49. The zero-order chi connectivity index (χ0) is 12.7. The van der Waals surface area contributed by atoms with Crippen molar-refractivity contribution < 1.29 is 0 Å². The van der Waals surface area contributed by atoms with Crippen molar-refractivity contribution in [3.63, 3.8) is 0 Å². The lowest BCUT2D eigenvalue weighted by molar-refractivity contribution is 0.116. The lowest BCUT2D eigenvalue weighted by Gasteiger charge is -2.43. The average molecular weight is 237 g/mol. The minimum Gasteiger partial charge on any atom is -0.311 e. The van der Waals surface area contributed by atoms with E-state index in [0.29, 0.717) is 16.9 Å². The molecule has 1 N–H and O–H groups in total.